The number of aryl methyl sites for hydroxylation is 2. The first-order chi connectivity index (χ1) is 28.2. The largest absolute Gasteiger partial charge is 2.00 e. The van der Waals surface area contributed by atoms with Gasteiger partial charge in [0, 0.05) is 23.7 Å². The van der Waals surface area contributed by atoms with Gasteiger partial charge in [-0.1, -0.05) is 0 Å². The van der Waals surface area contributed by atoms with E-state index < -0.39 is 0 Å². The first-order valence-electron chi connectivity index (χ1n) is 18.7. The van der Waals surface area contributed by atoms with Crippen molar-refractivity contribution in [2.75, 3.05) is 0 Å². The van der Waals surface area contributed by atoms with E-state index in [4.69, 9.17) is 0 Å². The molecule has 61 heavy (non-hydrogen) atoms. The molecule has 0 atom stereocenters. The molecule has 0 N–H and O–H groups in total. The summed E-state index contributed by atoms with van der Waals surface area (Å²) in [5.41, 5.74) is 1.08. The van der Waals surface area contributed by atoms with Crippen molar-refractivity contribution in [1.82, 2.24) is 30.0 Å². The van der Waals surface area contributed by atoms with Crippen LogP contribution in [0.3, 0.4) is 0 Å². The number of rotatable bonds is 8. The molecule has 0 saturated heterocycles. The monoisotopic (exact) mass is 970 g/mol. The van der Waals surface area contributed by atoms with Crippen LogP contribution in [0.25, 0.3) is 0 Å². The molecular weight excluding hydrogens is 928 g/mol. The van der Waals surface area contributed by atoms with Gasteiger partial charge in [-0.2, -0.15) is 30.0 Å². The molecule has 40 radical (unpaired) electrons. The minimum Gasteiger partial charge on any atom is -0.286 e. The fraction of sp³-hybridized carbons (Fsp3) is 0.0612. The maximum Gasteiger partial charge on any atom is 2.00 e. The third-order valence-electron chi connectivity index (χ3n) is 8.40. The Morgan fingerprint density at radius 1 is 0.279 bits per heavy atom. The Bertz CT molecular complexity index is 1290. The van der Waals surface area contributed by atoms with Crippen molar-refractivity contribution in [1.29, 1.82) is 0 Å². The molecule has 2 heterocycles. The van der Waals surface area contributed by atoms with Gasteiger partial charge in [0.05, 0.1) is 13.1 Å². The third-order valence-corrected chi connectivity index (χ3v) is 8.40. The standard InChI is InChI=1S/C29H22N6O2.4C5H5.4Fe/c36-28-24(20-10-1-2-11-20)30-34(31-25(28)21-12-3-4-13-21)18-9-19-35-32-26(22-14-5-6-15-22)29(37)27(33-35)23-16-7-8-17-23;4*1-2-4-5-3-1;;;;/h1-8,10-17H,9,18-19H2;4*1-5H;;;;/q;;;;;4*+2. The summed E-state index contributed by atoms with van der Waals surface area (Å²) in [5.74, 6) is 3.04. The Hall–Kier alpha value is -0.302. The number of hydrogen-bond donors (Lipinski definition) is 0. The van der Waals surface area contributed by atoms with Gasteiger partial charge in [-0.15, -0.1) is 0 Å². The second-order valence-corrected chi connectivity index (χ2v) is 12.5. The maximum absolute atomic E-state index is 13.2. The van der Waals surface area contributed by atoms with E-state index in [0.717, 1.165) is 23.7 Å². The van der Waals surface area contributed by atoms with Gasteiger partial charge >= 0.3 is 68.3 Å². The van der Waals surface area contributed by atoms with Crippen LogP contribution < -0.4 is 10.9 Å². The Kier molecular flexibility index (Phi) is 30.9. The van der Waals surface area contributed by atoms with E-state index in [1.807, 2.05) is 231 Å². The molecule has 8 saturated carbocycles. The summed E-state index contributed by atoms with van der Waals surface area (Å²) >= 11 is 0. The summed E-state index contributed by atoms with van der Waals surface area (Å²) < 4.78 is 0. The van der Waals surface area contributed by atoms with Crippen LogP contribution in [-0.4, -0.2) is 30.0 Å². The molecule has 2 aromatic rings. The summed E-state index contributed by atoms with van der Waals surface area (Å²) in [6.45, 7) is 0.878. The van der Waals surface area contributed by atoms with Gasteiger partial charge in [0.25, 0.3) is 0 Å². The van der Waals surface area contributed by atoms with Gasteiger partial charge in [-0.25, -0.2) is 0 Å². The fourth-order valence-electron chi connectivity index (χ4n) is 5.63. The molecule has 0 aromatic carbocycles. The molecule has 8 aliphatic carbocycles. The van der Waals surface area contributed by atoms with E-state index in [0.29, 0.717) is 42.3 Å². The Morgan fingerprint density at radius 2 is 0.443 bits per heavy atom. The number of aromatic nitrogens is 6. The molecule has 304 valence electrons. The fourth-order valence-corrected chi connectivity index (χ4v) is 5.63. The van der Waals surface area contributed by atoms with E-state index in [1.54, 1.807) is 9.59 Å². The minimum absolute atomic E-state index is 0. The molecule has 0 aliphatic heterocycles. The summed E-state index contributed by atoms with van der Waals surface area (Å²) in [5, 5.41) is 18.2. The normalized spacial score (nSPS) is 21.2. The molecule has 0 unspecified atom stereocenters. The average molecular weight is 970 g/mol. The smallest absolute Gasteiger partial charge is 0.286 e. The van der Waals surface area contributed by atoms with Crippen molar-refractivity contribution < 1.29 is 68.3 Å². The van der Waals surface area contributed by atoms with Crippen LogP contribution >= 0.6 is 0 Å². The second kappa shape index (κ2) is 33.2. The van der Waals surface area contributed by atoms with Gasteiger partial charge in [-0.3, -0.25) is 9.59 Å². The summed E-state index contributed by atoms with van der Waals surface area (Å²) in [6, 6.07) is 0. The number of hydrogen-bond acceptors (Lipinski definition) is 6. The van der Waals surface area contributed by atoms with Crippen molar-refractivity contribution in [3.8, 4) is 0 Å². The SMILES string of the molecule is O=c1c([C]2[CH][CH][CH][CH]2)nn(CCCn2nc([C]3[CH][CH][CH][CH]3)c(=O)c([C]3[CH][CH][CH][CH]3)n2)nc1[C]1[CH][CH][CH][CH]1.[CH]1[CH][CH][CH][CH]1.[CH]1[CH][CH][CH][CH]1.[CH]1[CH][CH][CH][CH]1.[CH]1[CH][CH][CH][CH]1.[Fe+2].[Fe+2].[Fe+2].[Fe+2]. The number of nitrogens with zero attached hydrogens (tertiary/aromatic N) is 6. The molecule has 10 rings (SSSR count). The first-order valence-corrected chi connectivity index (χ1v) is 18.7. The minimum atomic E-state index is -0.198. The summed E-state index contributed by atoms with van der Waals surface area (Å²) in [7, 11) is 0. The van der Waals surface area contributed by atoms with Gasteiger partial charge in [-0.05, 0) is 238 Å². The van der Waals surface area contributed by atoms with E-state index in [-0.39, 0.29) is 79.1 Å². The van der Waals surface area contributed by atoms with Crippen molar-refractivity contribution in [2.24, 2.45) is 0 Å². The predicted octanol–water partition coefficient (Wildman–Crippen LogP) is 5.77. The third kappa shape index (κ3) is 19.2. The zero-order valence-corrected chi connectivity index (χ0v) is 37.2. The molecule has 0 spiro atoms. The van der Waals surface area contributed by atoms with Crippen molar-refractivity contribution in [3.63, 3.8) is 0 Å². The van der Waals surface area contributed by atoms with E-state index in [9.17, 15) is 9.59 Å². The average Bonchev–Trinajstić information content (AvgIpc) is 4.13. The molecule has 0 amide bonds. The van der Waals surface area contributed by atoms with Crippen LogP contribution in [-0.2, 0) is 81.4 Å². The van der Waals surface area contributed by atoms with Gasteiger partial charge < -0.3 is 0 Å². The van der Waals surface area contributed by atoms with Crippen molar-refractivity contribution in [2.45, 2.75) is 19.5 Å². The molecular formula is C49H42Fe4N6O2+8. The van der Waals surface area contributed by atoms with Crippen LogP contribution in [0, 0.1) is 255 Å². The summed E-state index contributed by atoms with van der Waals surface area (Å²) in [6.07, 6.45) is 70.6. The van der Waals surface area contributed by atoms with Gasteiger partial charge in [0.1, 0.15) is 22.8 Å². The Balaban J connectivity index is 0.000000435. The topological polar surface area (TPSA) is 95.6 Å². The van der Waals surface area contributed by atoms with E-state index in [1.165, 1.54) is 0 Å². The molecule has 8 fully saturated rings. The molecule has 8 nitrogen and oxygen atoms in total. The van der Waals surface area contributed by atoms with Crippen LogP contribution in [0.1, 0.15) is 29.2 Å². The Morgan fingerprint density at radius 3 is 0.607 bits per heavy atom. The zero-order chi connectivity index (χ0) is 39.3. The van der Waals surface area contributed by atoms with Crippen LogP contribution in [0.4, 0.5) is 0 Å². The molecule has 2 aromatic heterocycles. The quantitative estimate of drug-likeness (QED) is 0.313. The van der Waals surface area contributed by atoms with Crippen molar-refractivity contribution in [3.05, 3.63) is 298 Å². The van der Waals surface area contributed by atoms with Gasteiger partial charge in [0.15, 0.2) is 0 Å². The molecule has 8 aliphatic rings. The van der Waals surface area contributed by atoms with Crippen molar-refractivity contribution >= 4 is 0 Å². The van der Waals surface area contributed by atoms with Crippen LogP contribution in [0.2, 0.25) is 0 Å². The Labute approximate surface area is 412 Å². The van der Waals surface area contributed by atoms with Crippen LogP contribution in [0.5, 0.6) is 0 Å². The first kappa shape index (κ1) is 56.8. The zero-order valence-electron chi connectivity index (χ0n) is 32.8. The van der Waals surface area contributed by atoms with Gasteiger partial charge in [0.2, 0.25) is 10.9 Å². The molecule has 12 heteroatoms. The summed E-state index contributed by atoms with van der Waals surface area (Å²) in [4.78, 5) is 29.4. The molecule has 0 bridgehead atoms. The predicted molar refractivity (Wildman–Crippen MR) is 221 cm³/mol. The van der Waals surface area contributed by atoms with E-state index in [2.05, 4.69) is 20.4 Å². The van der Waals surface area contributed by atoms with E-state index >= 15 is 0 Å². The second-order valence-electron chi connectivity index (χ2n) is 12.5. The van der Waals surface area contributed by atoms with Crippen LogP contribution in [0.15, 0.2) is 9.59 Å². The maximum atomic E-state index is 13.2.